The summed E-state index contributed by atoms with van der Waals surface area (Å²) in [5.41, 5.74) is 0.804. The topological polar surface area (TPSA) is 118 Å². The first-order valence-corrected chi connectivity index (χ1v) is 9.47. The molecule has 1 saturated heterocycles. The van der Waals surface area contributed by atoms with Crippen molar-refractivity contribution in [3.63, 3.8) is 0 Å². The van der Waals surface area contributed by atoms with Crippen LogP contribution in [0.5, 0.6) is 5.75 Å². The molecule has 1 aliphatic rings. The van der Waals surface area contributed by atoms with Crippen LogP contribution >= 0.6 is 0 Å². The molecule has 2 aromatic carbocycles. The largest absolute Gasteiger partial charge is 0.484 e. The summed E-state index contributed by atoms with van der Waals surface area (Å²) in [6.45, 7) is 1.55. The first-order valence-electron chi connectivity index (χ1n) is 9.47. The van der Waals surface area contributed by atoms with Gasteiger partial charge < -0.3 is 24.6 Å². The van der Waals surface area contributed by atoms with Crippen LogP contribution in [0.3, 0.4) is 0 Å². The number of nitrogens with zero attached hydrogens (tertiary/aromatic N) is 3. The highest BCUT2D eigenvalue weighted by Gasteiger charge is 2.32. The van der Waals surface area contributed by atoms with Crippen molar-refractivity contribution < 1.29 is 24.0 Å². The van der Waals surface area contributed by atoms with E-state index in [0.29, 0.717) is 42.7 Å². The third-order valence-corrected chi connectivity index (χ3v) is 4.79. The van der Waals surface area contributed by atoms with E-state index >= 15 is 0 Å². The molecular weight excluding hydrogens is 388 g/mol. The zero-order valence-corrected chi connectivity index (χ0v) is 16.0. The molecular formula is C21H20N4O5. The van der Waals surface area contributed by atoms with Crippen LogP contribution in [-0.2, 0) is 4.79 Å². The van der Waals surface area contributed by atoms with E-state index in [-0.39, 0.29) is 18.1 Å². The molecule has 154 valence electrons. The maximum atomic E-state index is 12.8. The number of rotatable bonds is 6. The van der Waals surface area contributed by atoms with Gasteiger partial charge in [0.15, 0.2) is 6.61 Å². The molecule has 2 N–H and O–H groups in total. The van der Waals surface area contributed by atoms with Crippen LogP contribution in [0.2, 0.25) is 0 Å². The number of aromatic carboxylic acids is 1. The molecule has 1 amide bonds. The Morgan fingerprint density at radius 3 is 2.67 bits per heavy atom. The fraction of sp³-hybridized carbons (Fsp3) is 0.238. The predicted molar refractivity (Wildman–Crippen MR) is 106 cm³/mol. The number of para-hydroxylation sites is 1. The molecule has 9 nitrogen and oxygen atoms in total. The molecule has 1 unspecified atom stereocenters. The maximum Gasteiger partial charge on any atom is 0.335 e. The summed E-state index contributed by atoms with van der Waals surface area (Å²) >= 11 is 0. The number of nitrogens with one attached hydrogen (secondary N) is 1. The van der Waals surface area contributed by atoms with Gasteiger partial charge in [0.2, 0.25) is 5.82 Å². The molecule has 0 spiro atoms. The smallest absolute Gasteiger partial charge is 0.335 e. The first-order chi connectivity index (χ1) is 14.6. The monoisotopic (exact) mass is 408 g/mol. The molecule has 30 heavy (non-hydrogen) atoms. The van der Waals surface area contributed by atoms with Crippen LogP contribution in [0.1, 0.15) is 22.3 Å². The van der Waals surface area contributed by atoms with Crippen LogP contribution < -0.4 is 10.1 Å². The SMILES string of the molecule is O=C(O)c1ccc(-c2noc(C3CNCCN3C(=O)COc3ccccc3)n2)cc1. The van der Waals surface area contributed by atoms with Gasteiger partial charge in [0.25, 0.3) is 11.8 Å². The Morgan fingerprint density at radius 1 is 1.17 bits per heavy atom. The van der Waals surface area contributed by atoms with Crippen molar-refractivity contribution in [3.8, 4) is 17.1 Å². The Hall–Kier alpha value is -3.72. The van der Waals surface area contributed by atoms with Crippen molar-refractivity contribution in [2.75, 3.05) is 26.2 Å². The number of aromatic nitrogens is 2. The normalized spacial score (nSPS) is 16.3. The van der Waals surface area contributed by atoms with Gasteiger partial charge >= 0.3 is 5.97 Å². The van der Waals surface area contributed by atoms with Crippen molar-refractivity contribution in [3.05, 3.63) is 66.1 Å². The van der Waals surface area contributed by atoms with Gasteiger partial charge in [-0.1, -0.05) is 35.5 Å². The first kappa shape index (κ1) is 19.6. The lowest BCUT2D eigenvalue weighted by Crippen LogP contribution is -2.50. The number of amides is 1. The lowest BCUT2D eigenvalue weighted by atomic mass is 10.1. The summed E-state index contributed by atoms with van der Waals surface area (Å²) < 4.78 is 11.0. The Morgan fingerprint density at radius 2 is 1.93 bits per heavy atom. The number of carbonyl (C=O) groups excluding carboxylic acids is 1. The zero-order valence-electron chi connectivity index (χ0n) is 16.0. The summed E-state index contributed by atoms with van der Waals surface area (Å²) in [7, 11) is 0. The van der Waals surface area contributed by atoms with E-state index in [4.69, 9.17) is 14.4 Å². The van der Waals surface area contributed by atoms with Crippen LogP contribution in [0.25, 0.3) is 11.4 Å². The van der Waals surface area contributed by atoms with E-state index in [1.54, 1.807) is 29.2 Å². The third-order valence-electron chi connectivity index (χ3n) is 4.79. The van der Waals surface area contributed by atoms with Gasteiger partial charge in [-0.3, -0.25) is 4.79 Å². The van der Waals surface area contributed by atoms with Crippen molar-refractivity contribution in [1.82, 2.24) is 20.4 Å². The molecule has 1 fully saturated rings. The second-order valence-corrected chi connectivity index (χ2v) is 6.75. The molecule has 0 aliphatic carbocycles. The molecule has 9 heteroatoms. The summed E-state index contributed by atoms with van der Waals surface area (Å²) in [5.74, 6) is 0.0989. The fourth-order valence-corrected chi connectivity index (χ4v) is 3.22. The van der Waals surface area contributed by atoms with Crippen LogP contribution in [0.15, 0.2) is 59.1 Å². The molecule has 0 bridgehead atoms. The molecule has 1 aromatic heterocycles. The van der Waals surface area contributed by atoms with Gasteiger partial charge in [0.05, 0.1) is 5.56 Å². The minimum absolute atomic E-state index is 0.0852. The van der Waals surface area contributed by atoms with E-state index < -0.39 is 12.0 Å². The highest BCUT2D eigenvalue weighted by Crippen LogP contribution is 2.24. The van der Waals surface area contributed by atoms with E-state index in [1.165, 1.54) is 12.1 Å². The number of carbonyl (C=O) groups is 2. The Labute approximate surface area is 172 Å². The van der Waals surface area contributed by atoms with Gasteiger partial charge in [-0.05, 0) is 24.3 Å². The van der Waals surface area contributed by atoms with Gasteiger partial charge in [-0.15, -0.1) is 0 Å². The van der Waals surface area contributed by atoms with Crippen molar-refractivity contribution in [2.24, 2.45) is 0 Å². The van der Waals surface area contributed by atoms with Gasteiger partial charge in [-0.2, -0.15) is 4.98 Å². The minimum Gasteiger partial charge on any atom is -0.484 e. The number of hydrogen-bond donors (Lipinski definition) is 2. The fourth-order valence-electron chi connectivity index (χ4n) is 3.22. The highest BCUT2D eigenvalue weighted by atomic mass is 16.5. The number of benzene rings is 2. The number of ether oxygens (including phenoxy) is 1. The Bertz CT molecular complexity index is 1020. The molecule has 0 radical (unpaired) electrons. The van der Waals surface area contributed by atoms with E-state index in [1.807, 2.05) is 18.2 Å². The molecule has 3 aromatic rings. The number of hydrogen-bond acceptors (Lipinski definition) is 7. The van der Waals surface area contributed by atoms with Crippen LogP contribution in [-0.4, -0.2) is 58.3 Å². The molecule has 1 aliphatic heterocycles. The van der Waals surface area contributed by atoms with Crippen LogP contribution in [0, 0.1) is 0 Å². The standard InChI is InChI=1S/C21H20N4O5/c26-18(13-29-16-4-2-1-3-5-16)25-11-10-22-12-17(25)20-23-19(24-30-20)14-6-8-15(9-7-14)21(27)28/h1-9,17,22H,10-13H2,(H,27,28). The van der Waals surface area contributed by atoms with E-state index in [9.17, 15) is 9.59 Å². The quantitative estimate of drug-likeness (QED) is 0.636. The number of carboxylic acid groups (broad SMARTS) is 1. The second kappa shape index (κ2) is 8.75. The second-order valence-electron chi connectivity index (χ2n) is 6.75. The van der Waals surface area contributed by atoms with Crippen molar-refractivity contribution in [1.29, 1.82) is 0 Å². The zero-order chi connectivity index (χ0) is 20.9. The Balaban J connectivity index is 1.47. The maximum absolute atomic E-state index is 12.8. The van der Waals surface area contributed by atoms with Crippen LogP contribution in [0.4, 0.5) is 0 Å². The average Bonchev–Trinajstić information content (AvgIpc) is 3.28. The third kappa shape index (κ3) is 4.31. The summed E-state index contributed by atoms with van der Waals surface area (Å²) in [5, 5.41) is 16.2. The molecule has 4 rings (SSSR count). The van der Waals surface area contributed by atoms with Crippen molar-refractivity contribution in [2.45, 2.75) is 6.04 Å². The molecule has 1 atom stereocenters. The van der Waals surface area contributed by atoms with Crippen molar-refractivity contribution >= 4 is 11.9 Å². The predicted octanol–water partition coefficient (Wildman–Crippen LogP) is 1.99. The van der Waals surface area contributed by atoms with E-state index in [0.717, 1.165) is 0 Å². The van der Waals surface area contributed by atoms with E-state index in [2.05, 4.69) is 15.5 Å². The number of piperazine rings is 1. The number of carboxylic acids is 1. The van der Waals surface area contributed by atoms with Gasteiger partial charge in [-0.25, -0.2) is 4.79 Å². The Kier molecular flexibility index (Phi) is 5.71. The summed E-state index contributed by atoms with van der Waals surface area (Å²) in [6, 6.07) is 14.9. The summed E-state index contributed by atoms with van der Waals surface area (Å²) in [6.07, 6.45) is 0. The molecule has 2 heterocycles. The highest BCUT2D eigenvalue weighted by molar-refractivity contribution is 5.88. The summed E-state index contributed by atoms with van der Waals surface area (Å²) in [4.78, 5) is 29.9. The molecule has 0 saturated carbocycles. The van der Waals surface area contributed by atoms with Gasteiger partial charge in [0.1, 0.15) is 11.8 Å². The minimum atomic E-state index is -1.00. The lowest BCUT2D eigenvalue weighted by Gasteiger charge is -2.33. The lowest BCUT2D eigenvalue weighted by molar-refractivity contribution is -0.137. The van der Waals surface area contributed by atoms with Gasteiger partial charge in [0, 0.05) is 25.2 Å². The average molecular weight is 408 g/mol.